The van der Waals surface area contributed by atoms with Crippen LogP contribution in [-0.2, 0) is 11.3 Å². The van der Waals surface area contributed by atoms with Crippen molar-refractivity contribution in [3.8, 4) is 0 Å². The van der Waals surface area contributed by atoms with Crippen LogP contribution < -0.4 is 5.32 Å². The Balaban J connectivity index is 2.18. The van der Waals surface area contributed by atoms with Crippen molar-refractivity contribution < 1.29 is 4.74 Å². The van der Waals surface area contributed by atoms with E-state index < -0.39 is 0 Å². The number of nitrogens with one attached hydrogen (secondary N) is 1. The summed E-state index contributed by atoms with van der Waals surface area (Å²) >= 11 is 5.37. The summed E-state index contributed by atoms with van der Waals surface area (Å²) in [6.07, 6.45) is -0.0567. The molecule has 0 spiro atoms. The van der Waals surface area contributed by atoms with E-state index in [0.29, 0.717) is 0 Å². The summed E-state index contributed by atoms with van der Waals surface area (Å²) in [4.78, 5) is 2.17. The monoisotopic (exact) mass is 250 g/mol. The molecule has 1 aromatic carbocycles. The highest BCUT2D eigenvalue weighted by Crippen LogP contribution is 2.27. The maximum atomic E-state index is 5.42. The van der Waals surface area contributed by atoms with Crippen LogP contribution in [0.1, 0.15) is 19.4 Å². The Morgan fingerprint density at radius 1 is 1.35 bits per heavy atom. The predicted octanol–water partition coefficient (Wildman–Crippen LogP) is 2.13. The lowest BCUT2D eigenvalue weighted by Crippen LogP contribution is -2.46. The van der Waals surface area contributed by atoms with E-state index in [1.54, 1.807) is 7.11 Å². The summed E-state index contributed by atoms with van der Waals surface area (Å²) in [5, 5.41) is 3.95. The number of rotatable bonds is 3. The first-order chi connectivity index (χ1) is 8.05. The molecule has 0 bridgehead atoms. The van der Waals surface area contributed by atoms with Gasteiger partial charge in [-0.05, 0) is 31.6 Å². The SMILES string of the molecule is COC1NC(=S)N(Cc2ccccc2)C1(C)C. The number of hydrogen-bond donors (Lipinski definition) is 1. The fraction of sp³-hybridized carbons (Fsp3) is 0.462. The van der Waals surface area contributed by atoms with Crippen molar-refractivity contribution in [2.24, 2.45) is 0 Å². The average molecular weight is 250 g/mol. The quantitative estimate of drug-likeness (QED) is 0.831. The molecule has 1 N–H and O–H groups in total. The maximum absolute atomic E-state index is 5.42. The van der Waals surface area contributed by atoms with E-state index in [4.69, 9.17) is 17.0 Å². The van der Waals surface area contributed by atoms with Crippen LogP contribution in [0.15, 0.2) is 30.3 Å². The van der Waals surface area contributed by atoms with Gasteiger partial charge < -0.3 is 15.0 Å². The first kappa shape index (κ1) is 12.3. The first-order valence-corrected chi connectivity index (χ1v) is 6.11. The summed E-state index contributed by atoms with van der Waals surface area (Å²) in [5.41, 5.74) is 1.11. The van der Waals surface area contributed by atoms with Gasteiger partial charge in [0.15, 0.2) is 11.3 Å². The fourth-order valence-corrected chi connectivity index (χ4v) is 2.57. The average Bonchev–Trinajstić information content (AvgIpc) is 2.53. The number of methoxy groups -OCH3 is 1. The molecule has 1 aliphatic rings. The molecule has 1 atom stereocenters. The molecule has 0 aromatic heterocycles. The molecule has 1 aliphatic heterocycles. The molecule has 1 fully saturated rings. The molecule has 0 aliphatic carbocycles. The topological polar surface area (TPSA) is 24.5 Å². The Kier molecular flexibility index (Phi) is 3.35. The van der Waals surface area contributed by atoms with Gasteiger partial charge in [0, 0.05) is 13.7 Å². The van der Waals surface area contributed by atoms with Crippen molar-refractivity contribution in [2.45, 2.75) is 32.2 Å². The van der Waals surface area contributed by atoms with Gasteiger partial charge in [0.25, 0.3) is 0 Å². The summed E-state index contributed by atoms with van der Waals surface area (Å²) in [6, 6.07) is 10.3. The number of thiocarbonyl (C=S) groups is 1. The first-order valence-electron chi connectivity index (χ1n) is 5.70. The molecule has 4 heteroatoms. The third kappa shape index (κ3) is 2.28. The normalized spacial score (nSPS) is 22.6. The minimum Gasteiger partial charge on any atom is -0.359 e. The lowest BCUT2D eigenvalue weighted by Gasteiger charge is -2.34. The number of nitrogens with zero attached hydrogens (tertiary/aromatic N) is 1. The van der Waals surface area contributed by atoms with Crippen LogP contribution in [0, 0.1) is 0 Å². The molecule has 92 valence electrons. The van der Waals surface area contributed by atoms with Gasteiger partial charge in [-0.15, -0.1) is 0 Å². The summed E-state index contributed by atoms with van der Waals surface area (Å²) < 4.78 is 5.42. The highest BCUT2D eigenvalue weighted by molar-refractivity contribution is 7.80. The zero-order valence-corrected chi connectivity index (χ0v) is 11.3. The summed E-state index contributed by atoms with van der Waals surface area (Å²) in [6.45, 7) is 5.08. The van der Waals surface area contributed by atoms with Crippen LogP contribution in [0.3, 0.4) is 0 Å². The number of hydrogen-bond acceptors (Lipinski definition) is 2. The second-order valence-corrected chi connectivity index (χ2v) is 5.18. The molecule has 1 saturated heterocycles. The lowest BCUT2D eigenvalue weighted by atomic mass is 10.0. The minimum atomic E-state index is -0.137. The van der Waals surface area contributed by atoms with E-state index in [-0.39, 0.29) is 11.8 Å². The van der Waals surface area contributed by atoms with Crippen molar-refractivity contribution in [2.75, 3.05) is 7.11 Å². The zero-order chi connectivity index (χ0) is 12.5. The number of benzene rings is 1. The van der Waals surface area contributed by atoms with Crippen LogP contribution in [0.5, 0.6) is 0 Å². The van der Waals surface area contributed by atoms with Gasteiger partial charge in [0.05, 0.1) is 5.54 Å². The summed E-state index contributed by atoms with van der Waals surface area (Å²) in [7, 11) is 1.70. The third-order valence-electron chi connectivity index (χ3n) is 3.26. The van der Waals surface area contributed by atoms with E-state index >= 15 is 0 Å². The molecule has 1 unspecified atom stereocenters. The van der Waals surface area contributed by atoms with Gasteiger partial charge in [0.2, 0.25) is 0 Å². The lowest BCUT2D eigenvalue weighted by molar-refractivity contribution is 0.0110. The molecule has 0 amide bonds. The largest absolute Gasteiger partial charge is 0.359 e. The van der Waals surface area contributed by atoms with Crippen molar-refractivity contribution >= 4 is 17.3 Å². The van der Waals surface area contributed by atoms with Crippen LogP contribution in [0.4, 0.5) is 0 Å². The van der Waals surface area contributed by atoms with Crippen LogP contribution in [0.2, 0.25) is 0 Å². The van der Waals surface area contributed by atoms with Gasteiger partial charge in [-0.1, -0.05) is 30.3 Å². The van der Waals surface area contributed by atoms with Gasteiger partial charge in [-0.25, -0.2) is 0 Å². The molecule has 1 heterocycles. The van der Waals surface area contributed by atoms with E-state index in [0.717, 1.165) is 11.7 Å². The van der Waals surface area contributed by atoms with Gasteiger partial charge in [-0.3, -0.25) is 0 Å². The number of ether oxygens (including phenoxy) is 1. The Hall–Kier alpha value is -1.13. The smallest absolute Gasteiger partial charge is 0.171 e. The molecular formula is C13H18N2OS. The van der Waals surface area contributed by atoms with Crippen LogP contribution in [-0.4, -0.2) is 28.9 Å². The van der Waals surface area contributed by atoms with Crippen molar-refractivity contribution in [3.63, 3.8) is 0 Å². The minimum absolute atomic E-state index is 0.0567. The van der Waals surface area contributed by atoms with Crippen LogP contribution in [0.25, 0.3) is 0 Å². The Morgan fingerprint density at radius 3 is 2.53 bits per heavy atom. The van der Waals surface area contributed by atoms with Crippen molar-refractivity contribution in [3.05, 3.63) is 35.9 Å². The van der Waals surface area contributed by atoms with Gasteiger partial charge in [-0.2, -0.15) is 0 Å². The van der Waals surface area contributed by atoms with E-state index in [2.05, 4.69) is 36.2 Å². The molecule has 17 heavy (non-hydrogen) atoms. The second-order valence-electron chi connectivity index (χ2n) is 4.79. The molecule has 3 nitrogen and oxygen atoms in total. The van der Waals surface area contributed by atoms with Crippen molar-refractivity contribution in [1.82, 2.24) is 10.2 Å². The zero-order valence-electron chi connectivity index (χ0n) is 10.4. The van der Waals surface area contributed by atoms with E-state index in [1.807, 2.05) is 18.2 Å². The molecular weight excluding hydrogens is 232 g/mol. The van der Waals surface area contributed by atoms with E-state index in [1.165, 1.54) is 5.56 Å². The molecule has 1 aromatic rings. The van der Waals surface area contributed by atoms with E-state index in [9.17, 15) is 0 Å². The standard InChI is InChI=1S/C13H18N2OS/c1-13(2)11(16-3)14-12(17)15(13)9-10-7-5-4-6-8-10/h4-8,11H,9H2,1-3H3,(H,14,17). The second kappa shape index (κ2) is 4.63. The highest BCUT2D eigenvalue weighted by Gasteiger charge is 2.44. The fourth-order valence-electron chi connectivity index (χ4n) is 2.16. The Labute approximate surface area is 108 Å². The predicted molar refractivity (Wildman–Crippen MR) is 72.6 cm³/mol. The third-order valence-corrected chi connectivity index (χ3v) is 3.59. The Morgan fingerprint density at radius 2 is 2.00 bits per heavy atom. The Bertz CT molecular complexity index is 405. The van der Waals surface area contributed by atoms with Crippen LogP contribution >= 0.6 is 12.2 Å². The highest BCUT2D eigenvalue weighted by atomic mass is 32.1. The summed E-state index contributed by atoms with van der Waals surface area (Å²) in [5.74, 6) is 0. The molecule has 0 radical (unpaired) electrons. The van der Waals surface area contributed by atoms with Crippen molar-refractivity contribution in [1.29, 1.82) is 0 Å². The molecule has 0 saturated carbocycles. The molecule has 2 rings (SSSR count). The van der Waals surface area contributed by atoms with Gasteiger partial charge >= 0.3 is 0 Å². The maximum Gasteiger partial charge on any atom is 0.171 e. The van der Waals surface area contributed by atoms with Gasteiger partial charge in [0.1, 0.15) is 0 Å².